The molecule has 19 nitrogen and oxygen atoms in total. The predicted octanol–water partition coefficient (Wildman–Crippen LogP) is 1.92. The third-order valence-corrected chi connectivity index (χ3v) is 8.91. The maximum atomic E-state index is 11.6. The van der Waals surface area contributed by atoms with Crippen LogP contribution in [0.2, 0.25) is 0 Å². The number of carboxylic acid groups (broad SMARTS) is 1. The van der Waals surface area contributed by atoms with Gasteiger partial charge in [-0.05, 0) is 122 Å². The van der Waals surface area contributed by atoms with Crippen LogP contribution in [0.4, 0.5) is 19.2 Å². The van der Waals surface area contributed by atoms with Crippen molar-refractivity contribution < 1.29 is 151 Å². The van der Waals surface area contributed by atoms with Gasteiger partial charge in [0.05, 0.1) is 18.1 Å². The van der Waals surface area contributed by atoms with E-state index >= 15 is 0 Å². The van der Waals surface area contributed by atoms with E-state index in [0.29, 0.717) is 90.9 Å². The number of hydrogen-bond donors (Lipinski definition) is 3. The molecule has 68 heavy (non-hydrogen) atoms. The summed E-state index contributed by atoms with van der Waals surface area (Å²) in [6.45, 7) is 26.4. The molecule has 0 bridgehead atoms. The van der Waals surface area contributed by atoms with Gasteiger partial charge in [-0.1, -0.05) is 22.3 Å². The van der Waals surface area contributed by atoms with Crippen LogP contribution in [0.3, 0.4) is 0 Å². The van der Waals surface area contributed by atoms with Crippen molar-refractivity contribution in [3.63, 3.8) is 0 Å². The maximum Gasteiger partial charge on any atom is 1.00 e. The zero-order valence-corrected chi connectivity index (χ0v) is 47.4. The molecule has 0 saturated carbocycles. The number of aliphatic hydroxyl groups is 2. The Morgan fingerprint density at radius 2 is 0.794 bits per heavy atom. The number of aliphatic carboxylic acids is 1. The second kappa shape index (κ2) is 39.9. The number of nitriles is 1. The van der Waals surface area contributed by atoms with E-state index < -0.39 is 28.4 Å². The zero-order chi connectivity index (χ0) is 47.4. The number of piperidine rings is 4. The monoisotopic (exact) mass is 1010 g/mol. The number of hydrogen-bond acceptors (Lipinski definition) is 14. The molecule has 4 saturated heterocycles. The quantitative estimate of drug-likeness (QED) is 0.250. The van der Waals surface area contributed by atoms with Gasteiger partial charge in [0.1, 0.15) is 28.2 Å². The Morgan fingerprint density at radius 3 is 1.03 bits per heavy atom. The summed E-state index contributed by atoms with van der Waals surface area (Å²) in [7, 11) is 1.00. The van der Waals surface area contributed by atoms with Crippen LogP contribution < -0.4 is 80.9 Å². The van der Waals surface area contributed by atoms with Crippen molar-refractivity contribution in [2.24, 2.45) is 11.8 Å². The normalized spacial score (nSPS) is 16.2. The molecule has 4 rings (SSSR count). The Morgan fingerprint density at radius 1 is 0.559 bits per heavy atom. The van der Waals surface area contributed by atoms with Crippen LogP contribution in [0.5, 0.6) is 0 Å². The van der Waals surface area contributed by atoms with Gasteiger partial charge < -0.3 is 60.8 Å². The Hall–Kier alpha value is -1.71. The number of carbonyl (C=O) groups excluding carboxylic acids is 5. The van der Waals surface area contributed by atoms with Crippen LogP contribution in [0.15, 0.2) is 0 Å². The molecule has 4 aliphatic heterocycles. The first-order valence-corrected chi connectivity index (χ1v) is 21.2. The molecule has 0 aromatic heterocycles. The molecule has 0 atom stereocenters. The van der Waals surface area contributed by atoms with Crippen molar-refractivity contribution in [1.29, 1.82) is 5.26 Å². The third kappa shape index (κ3) is 39.9. The van der Waals surface area contributed by atoms with Gasteiger partial charge >= 0.3 is 111 Å². The van der Waals surface area contributed by atoms with Gasteiger partial charge in [0.15, 0.2) is 0 Å². The smallest absolute Gasteiger partial charge is 1.00 e. The molecular weight excluding hydrogens is 919 g/mol. The molecule has 389 valence electrons. The van der Waals surface area contributed by atoms with Gasteiger partial charge in [0, 0.05) is 86.6 Å². The van der Waals surface area contributed by atoms with Crippen LogP contribution in [0, 0.1) is 23.2 Å². The average Bonchev–Trinajstić information content (AvgIpc) is 3.14. The fourth-order valence-electron chi connectivity index (χ4n) is 5.79. The topological polar surface area (TPSA) is 267 Å². The summed E-state index contributed by atoms with van der Waals surface area (Å²) in [5.41, 5.74) is -1.84. The van der Waals surface area contributed by atoms with E-state index in [0.717, 1.165) is 20.0 Å². The van der Waals surface area contributed by atoms with Crippen molar-refractivity contribution in [3.05, 3.63) is 0 Å². The number of Topliss-reactive ketones (excluding diaryl/α,β-unsaturated/α-hetero) is 1. The summed E-state index contributed by atoms with van der Waals surface area (Å²) in [4.78, 5) is 74.5. The summed E-state index contributed by atoms with van der Waals surface area (Å²) in [5.74, 6) is -0.768. The van der Waals surface area contributed by atoms with Gasteiger partial charge in [-0.25, -0.2) is 19.2 Å². The van der Waals surface area contributed by atoms with Gasteiger partial charge in [0.2, 0.25) is 0 Å². The molecule has 4 N–H and O–H groups in total. The van der Waals surface area contributed by atoms with Crippen molar-refractivity contribution in [1.82, 2.24) is 19.6 Å². The molecule has 3 radical (unpaired) electrons. The average molecular weight is 1010 g/mol. The van der Waals surface area contributed by atoms with E-state index in [9.17, 15) is 33.9 Å². The minimum absolute atomic E-state index is 0. The minimum Gasteiger partial charge on any atom is -1.00 e. The van der Waals surface area contributed by atoms with Crippen LogP contribution >= 0.6 is 0 Å². The van der Waals surface area contributed by atoms with Crippen LogP contribution in [-0.4, -0.2) is 173 Å². The third-order valence-electron chi connectivity index (χ3n) is 8.91. The second-order valence-electron chi connectivity index (χ2n) is 19.2. The summed E-state index contributed by atoms with van der Waals surface area (Å²) in [6, 6.07) is 2.23. The molecule has 0 aromatic carbocycles. The Kier molecular flexibility index (Phi) is 48.7. The van der Waals surface area contributed by atoms with E-state index in [4.69, 9.17) is 34.4 Å². The number of ether oxygens (including phenoxy) is 4. The summed E-state index contributed by atoms with van der Waals surface area (Å²) in [5, 5.41) is 33.8. The number of aliphatic hydroxyl groups excluding tert-OH is 2. The summed E-state index contributed by atoms with van der Waals surface area (Å²) < 4.78 is 20.9. The minimum atomic E-state index is -0.774. The number of nitrogens with zero attached hydrogens (tertiary/aromatic N) is 5. The standard InChI is InChI=1S/C11H18N2O2.C11H19NO4.C10H19NO3.C10H17NO3.CH4O.3CH4.B.K.Na.H2O.H/c1-11(2,3)15-10(14)13-6-4-9(8-12)5-7-13;1-11(2,3)16-10(15)12-6-4-8(5-7-12)9(13)14;2*1-10(2,3)14-9(13)11-6-4-8(12)5-7-11;1-2;;;;;;;;/h9H,4-7H2,1-3H3;8H,4-7H2,1-3H3,(H,13,14);8,12H,4-7H2,1-3H3;4-7H2,1-3H3;2H,1H3;3*1H4;;;;1H2;/q;;;;;;;;;2*+1;;-1/p-1. The molecule has 0 spiro atoms. The summed E-state index contributed by atoms with van der Waals surface area (Å²) in [6.07, 6.45) is 3.30. The Bertz CT molecular complexity index is 1440. The van der Waals surface area contributed by atoms with Crippen LogP contribution in [0.25, 0.3) is 0 Å². The van der Waals surface area contributed by atoms with Crippen LogP contribution in [0.1, 0.15) is 158 Å². The fraction of sp³-hybridized carbons (Fsp3) is 0.848. The SMILES string of the molecule is C.C.C.CC(C)(C)OC(=O)N1CCC(=O)CC1.CC(C)(C)OC(=O)N1CCC(C#N)CC1.CC(C)(C)OC(=O)N1CCC(C(=O)O)CC1.CC(C)(C)OC(=O)N1CCC(O)CC1.CO.[B].[H-].[K+].[Na+].[OH-]. The first kappa shape index (κ1) is 83.2. The molecule has 4 fully saturated rings. The molecule has 4 aliphatic rings. The number of likely N-dealkylation sites (tertiary alicyclic amines) is 4. The number of carbonyl (C=O) groups is 6. The van der Waals surface area contributed by atoms with E-state index in [-0.39, 0.29) is 167 Å². The Labute approximate surface area is 478 Å². The molecular formula is C46H91BKN5NaO14. The fourth-order valence-corrected chi connectivity index (χ4v) is 5.79. The summed E-state index contributed by atoms with van der Waals surface area (Å²) >= 11 is 0. The van der Waals surface area contributed by atoms with Crippen molar-refractivity contribution in [3.8, 4) is 6.07 Å². The van der Waals surface area contributed by atoms with E-state index in [1.54, 1.807) is 19.6 Å². The van der Waals surface area contributed by atoms with Crippen molar-refractivity contribution >= 4 is 44.5 Å². The molecule has 4 heterocycles. The van der Waals surface area contributed by atoms with Crippen molar-refractivity contribution in [2.75, 3.05) is 59.5 Å². The van der Waals surface area contributed by atoms with Gasteiger partial charge in [-0.2, -0.15) is 5.26 Å². The van der Waals surface area contributed by atoms with E-state index in [1.807, 2.05) is 83.1 Å². The van der Waals surface area contributed by atoms with Crippen LogP contribution in [-0.2, 0) is 28.5 Å². The molecule has 4 amide bonds. The van der Waals surface area contributed by atoms with E-state index in [1.165, 1.54) is 0 Å². The van der Waals surface area contributed by atoms with Crippen molar-refractivity contribution in [2.45, 2.75) is 185 Å². The number of carboxylic acids is 1. The molecule has 0 aliphatic carbocycles. The van der Waals surface area contributed by atoms with Gasteiger partial charge in [-0.15, -0.1) is 0 Å². The zero-order valence-electron chi connectivity index (χ0n) is 43.2. The van der Waals surface area contributed by atoms with Gasteiger partial charge in [-0.3, -0.25) is 9.59 Å². The first-order chi connectivity index (χ1) is 28.0. The maximum absolute atomic E-state index is 11.6. The second-order valence-corrected chi connectivity index (χ2v) is 19.2. The Balaban J connectivity index is -0.0000000946. The van der Waals surface area contributed by atoms with E-state index in [2.05, 4.69) is 6.07 Å². The molecule has 22 heteroatoms. The molecule has 0 aromatic rings. The number of ketones is 1. The first-order valence-electron chi connectivity index (χ1n) is 21.2. The molecule has 0 unspecified atom stereocenters. The number of rotatable bonds is 1. The largest absolute Gasteiger partial charge is 1.00 e. The van der Waals surface area contributed by atoms with Gasteiger partial charge in [0.25, 0.3) is 0 Å². The number of amides is 4. The predicted molar refractivity (Wildman–Crippen MR) is 257 cm³/mol.